The molecule has 0 aliphatic heterocycles. The molecule has 0 radical (unpaired) electrons. The minimum absolute atomic E-state index is 0.653. The number of aromatic nitrogens is 2. The molecule has 9 nitrogen and oxygen atoms in total. The number of thiazole rings is 2. The molecule has 0 atom stereocenters. The molecule has 0 bridgehead atoms. The Morgan fingerprint density at radius 1 is 0.667 bits per heavy atom. The first-order chi connectivity index (χ1) is 20.0. The van der Waals surface area contributed by atoms with Crippen LogP contribution in [0.3, 0.4) is 0 Å². The molecule has 0 saturated heterocycles. The Kier molecular flexibility index (Phi) is 14.5. The number of nitrogens with zero attached hydrogens (tertiary/aromatic N) is 8. The van der Waals surface area contributed by atoms with Crippen molar-refractivity contribution in [3.05, 3.63) is 71.7 Å². The average molecular weight is 744 g/mol. The number of likely N-dealkylation sites (N-methyl/N-ethyl adjacent to an activating group) is 2. The second-order valence-corrected chi connectivity index (χ2v) is 38.6. The Morgan fingerprint density at radius 3 is 1.33 bits per heavy atom. The number of benzene rings is 2. The summed E-state index contributed by atoms with van der Waals surface area (Å²) in [4.78, 5) is 4.35. The molecule has 2 aromatic heterocycles. The molecule has 0 fully saturated rings. The van der Waals surface area contributed by atoms with Crippen molar-refractivity contribution >= 4 is 94.5 Å². The van der Waals surface area contributed by atoms with E-state index in [4.69, 9.17) is 43.5 Å². The number of aryl methyl sites for hydroxylation is 2. The monoisotopic (exact) mass is 740 g/mol. The van der Waals surface area contributed by atoms with Crippen LogP contribution in [0.2, 0.25) is 0 Å². The van der Waals surface area contributed by atoms with Gasteiger partial charge in [0.2, 0.25) is 0 Å². The summed E-state index contributed by atoms with van der Waals surface area (Å²) in [5.74, 6) is 0. The topological polar surface area (TPSA) is 72.9 Å². The maximum atomic E-state index is 5.89. The van der Waals surface area contributed by atoms with Gasteiger partial charge in [0.1, 0.15) is 23.8 Å². The fourth-order valence-corrected chi connectivity index (χ4v) is 4.72. The van der Waals surface area contributed by atoms with E-state index in [1.54, 1.807) is 22.7 Å². The van der Waals surface area contributed by atoms with Crippen molar-refractivity contribution in [3.63, 3.8) is 0 Å². The van der Waals surface area contributed by atoms with Gasteiger partial charge in [-0.05, 0) is 81.4 Å². The maximum absolute atomic E-state index is 5.89. The third kappa shape index (κ3) is 12.9. The van der Waals surface area contributed by atoms with Crippen molar-refractivity contribution in [3.8, 4) is 0 Å². The normalized spacial score (nSPS) is 11.6. The number of halogens is 4. The van der Waals surface area contributed by atoms with Crippen LogP contribution in [-0.2, 0) is 29.6 Å². The first kappa shape index (κ1) is 34.7. The predicted molar refractivity (Wildman–Crippen MR) is 173 cm³/mol. The Bertz CT molecular complexity index is 1320. The van der Waals surface area contributed by atoms with E-state index >= 15 is 0 Å². The van der Waals surface area contributed by atoms with Gasteiger partial charge in [0, 0.05) is 49.3 Å². The zero-order chi connectivity index (χ0) is 30.5. The van der Waals surface area contributed by atoms with Crippen LogP contribution in [0.4, 0.5) is 33.0 Å². The van der Waals surface area contributed by atoms with Gasteiger partial charge in [-0.3, -0.25) is 0 Å². The van der Waals surface area contributed by atoms with Crippen molar-refractivity contribution in [2.75, 3.05) is 50.2 Å². The molecule has 4 aromatic rings. The number of rotatable bonds is 12. The van der Waals surface area contributed by atoms with E-state index in [0.717, 1.165) is 46.1 Å². The van der Waals surface area contributed by atoms with E-state index in [9.17, 15) is 0 Å². The molecule has 42 heavy (non-hydrogen) atoms. The molecule has 0 aliphatic rings. The molecule has 0 amide bonds. The summed E-state index contributed by atoms with van der Waals surface area (Å²) in [5, 5.41) is 23.0. The fraction of sp³-hybridized carbons (Fsp3) is 0.308. The molecular formula is C26H32Cl4N8OS2Zn. The van der Waals surface area contributed by atoms with E-state index in [1.807, 2.05) is 70.6 Å². The van der Waals surface area contributed by atoms with Gasteiger partial charge in [-0.25, -0.2) is 9.13 Å². The molecule has 224 valence electrons. The molecule has 0 N–H and O–H groups in total. The summed E-state index contributed by atoms with van der Waals surface area (Å²) in [6, 6.07) is 16.1. The van der Waals surface area contributed by atoms with Crippen LogP contribution >= 0.6 is 61.4 Å². The molecule has 4 rings (SSSR count). The van der Waals surface area contributed by atoms with Gasteiger partial charge in [-0.15, -0.1) is 0 Å². The van der Waals surface area contributed by atoms with Crippen molar-refractivity contribution in [2.24, 2.45) is 34.6 Å². The quantitative estimate of drug-likeness (QED) is 0.0632. The van der Waals surface area contributed by atoms with Gasteiger partial charge in [-0.2, -0.15) is 0 Å². The van der Waals surface area contributed by atoms with Gasteiger partial charge in [0.15, 0.2) is 0 Å². The summed E-state index contributed by atoms with van der Waals surface area (Å²) >= 11 is 3.12. The van der Waals surface area contributed by atoms with Gasteiger partial charge in [0.25, 0.3) is 0 Å². The molecule has 2 aromatic carbocycles. The van der Waals surface area contributed by atoms with E-state index in [0.29, 0.717) is 13.2 Å². The van der Waals surface area contributed by atoms with Crippen molar-refractivity contribution in [1.29, 1.82) is 0 Å². The molecule has 0 unspecified atom stereocenters. The Hall–Kier alpha value is -1.76. The van der Waals surface area contributed by atoms with E-state index < -0.39 is 10.8 Å². The van der Waals surface area contributed by atoms with Gasteiger partial charge in [-0.1, -0.05) is 0 Å². The van der Waals surface area contributed by atoms with E-state index in [2.05, 4.69) is 68.6 Å². The Morgan fingerprint density at radius 2 is 1.02 bits per heavy atom. The van der Waals surface area contributed by atoms with Crippen molar-refractivity contribution < 1.29 is 24.7 Å². The van der Waals surface area contributed by atoms with Crippen molar-refractivity contribution in [2.45, 2.75) is 0 Å². The van der Waals surface area contributed by atoms with Crippen LogP contribution in [0.1, 0.15) is 0 Å². The number of hydrogen-bond acceptors (Lipinski definition) is 9. The first-order valence-corrected chi connectivity index (χ1v) is 30.3. The van der Waals surface area contributed by atoms with Crippen LogP contribution in [0.25, 0.3) is 0 Å². The first-order valence-electron chi connectivity index (χ1n) is 13.0. The second kappa shape index (κ2) is 17.5. The predicted octanol–water partition coefficient (Wildman–Crippen LogP) is 8.63. The molecule has 0 saturated carbocycles. The van der Waals surface area contributed by atoms with Crippen LogP contribution in [0, 0.1) is 0 Å². The number of azo groups is 2. The Labute approximate surface area is 273 Å². The summed E-state index contributed by atoms with van der Waals surface area (Å²) in [7, 11) is 24.9. The molecular weight excluding hydrogens is 712 g/mol. The average Bonchev–Trinajstić information content (AvgIpc) is 3.56. The van der Waals surface area contributed by atoms with Crippen molar-refractivity contribution in [1.82, 2.24) is 0 Å². The van der Waals surface area contributed by atoms with Gasteiger partial charge in [0.05, 0.1) is 37.5 Å². The van der Waals surface area contributed by atoms with Gasteiger partial charge >= 0.3 is 59.8 Å². The number of ether oxygens (including phenoxy) is 1. The molecule has 0 aliphatic carbocycles. The molecule has 2 heterocycles. The van der Waals surface area contributed by atoms with Crippen LogP contribution in [-0.4, -0.2) is 40.4 Å². The zero-order valence-corrected chi connectivity index (χ0v) is 31.4. The zero-order valence-electron chi connectivity index (χ0n) is 23.8. The number of hydrogen-bond donors (Lipinski definition) is 0. The molecule has 0 spiro atoms. The fourth-order valence-electron chi connectivity index (χ4n) is 3.36. The summed E-state index contributed by atoms with van der Waals surface area (Å²) < 4.78 is 9.79. The van der Waals surface area contributed by atoms with Crippen LogP contribution in [0.5, 0.6) is 0 Å². The summed E-state index contributed by atoms with van der Waals surface area (Å²) in [6.45, 7) is 2.91. The second-order valence-electron chi connectivity index (χ2n) is 9.09. The van der Waals surface area contributed by atoms with Crippen LogP contribution in [0.15, 0.2) is 92.1 Å². The SMILES string of the molecule is CN(CCOCCN(C)c1ccc(N=Nc2scc[n+]2C)cc1)c1ccc(N=Nc2scc[n+]2C)cc1.[Cl][Zn-2]([Cl])([Cl])[Cl]. The molecule has 16 heteroatoms. The summed E-state index contributed by atoms with van der Waals surface area (Å²) in [5.41, 5.74) is 3.90. The third-order valence-corrected chi connectivity index (χ3v) is 7.42. The van der Waals surface area contributed by atoms with E-state index in [1.165, 1.54) is 0 Å². The minimum atomic E-state index is -3.36. The number of anilines is 2. The summed E-state index contributed by atoms with van der Waals surface area (Å²) in [6.07, 6.45) is 3.94. The third-order valence-electron chi connectivity index (χ3n) is 5.74. The standard InChI is InChI=1S/C26H32N8OS2.4ClH.Zn/c1-31(23-9-5-21(6-10-23)27-29-25-33(3)15-19-36-25)13-17-35-18-14-32(2)24-11-7-22(8-12-24)28-30-26-34(4)16-20-37-26;;;;;/h5-12,15-16,19-20H,13-14,17-18H2,1-4H3;4*1H;/q+2;;;;;+2/p-4. The van der Waals surface area contributed by atoms with Crippen LogP contribution < -0.4 is 18.9 Å². The Balaban J connectivity index is 0.000000892. The van der Waals surface area contributed by atoms with E-state index in [-0.39, 0.29) is 0 Å². The van der Waals surface area contributed by atoms with Gasteiger partial charge < -0.3 is 14.5 Å².